The Hall–Kier alpha value is -0.790. The number of amides is 1. The van der Waals surface area contributed by atoms with Crippen LogP contribution in [0.2, 0.25) is 0 Å². The highest BCUT2D eigenvalue weighted by atomic mass is 16.1. The Labute approximate surface area is 68.5 Å². The van der Waals surface area contributed by atoms with Gasteiger partial charge >= 0.3 is 0 Å². The summed E-state index contributed by atoms with van der Waals surface area (Å²) >= 11 is 0. The lowest BCUT2D eigenvalue weighted by molar-refractivity contribution is -0.117. The van der Waals surface area contributed by atoms with E-state index < -0.39 is 0 Å². The van der Waals surface area contributed by atoms with Crippen LogP contribution in [-0.2, 0) is 4.79 Å². The minimum Gasteiger partial charge on any atom is -0.370 e. The van der Waals surface area contributed by atoms with E-state index in [2.05, 4.69) is 19.9 Å². The standard InChI is InChI=1S/C9H17NO/c1-3-8(4-2)6-5-7-9(10)11/h6H,3-5,7H2,1-2H3,(H2,10,11). The Morgan fingerprint density at radius 1 is 1.36 bits per heavy atom. The van der Waals surface area contributed by atoms with Crippen molar-refractivity contribution in [2.75, 3.05) is 0 Å². The predicted molar refractivity (Wildman–Crippen MR) is 47.1 cm³/mol. The first-order valence-electron chi connectivity index (χ1n) is 4.16. The Morgan fingerprint density at radius 2 is 1.91 bits per heavy atom. The van der Waals surface area contributed by atoms with Gasteiger partial charge in [-0.2, -0.15) is 0 Å². The number of nitrogens with two attached hydrogens (primary N) is 1. The van der Waals surface area contributed by atoms with Crippen LogP contribution in [0.1, 0.15) is 39.5 Å². The molecule has 0 atom stereocenters. The highest BCUT2D eigenvalue weighted by molar-refractivity contribution is 5.73. The van der Waals surface area contributed by atoms with E-state index in [1.807, 2.05) is 0 Å². The van der Waals surface area contributed by atoms with E-state index >= 15 is 0 Å². The zero-order valence-corrected chi connectivity index (χ0v) is 7.39. The maximum atomic E-state index is 10.4. The zero-order valence-electron chi connectivity index (χ0n) is 7.39. The summed E-state index contributed by atoms with van der Waals surface area (Å²) in [5, 5.41) is 0. The molecule has 0 bridgehead atoms. The summed E-state index contributed by atoms with van der Waals surface area (Å²) in [5.41, 5.74) is 6.40. The van der Waals surface area contributed by atoms with Crippen LogP contribution < -0.4 is 5.73 Å². The molecule has 0 spiro atoms. The number of primary amides is 1. The third-order valence-electron chi connectivity index (χ3n) is 1.73. The minimum absolute atomic E-state index is 0.215. The van der Waals surface area contributed by atoms with Crippen molar-refractivity contribution in [1.29, 1.82) is 0 Å². The lowest BCUT2D eigenvalue weighted by atomic mass is 10.1. The number of hydrogen-bond acceptors (Lipinski definition) is 1. The molecular formula is C9H17NO. The van der Waals surface area contributed by atoms with Crippen molar-refractivity contribution in [2.24, 2.45) is 5.73 Å². The van der Waals surface area contributed by atoms with Gasteiger partial charge < -0.3 is 5.73 Å². The molecule has 0 aliphatic heterocycles. The van der Waals surface area contributed by atoms with Crippen molar-refractivity contribution in [3.63, 3.8) is 0 Å². The molecule has 0 heterocycles. The molecule has 0 rings (SSSR count). The highest BCUT2D eigenvalue weighted by Gasteiger charge is 1.92. The number of carbonyl (C=O) groups excluding carboxylic acids is 1. The van der Waals surface area contributed by atoms with Crippen LogP contribution in [0.25, 0.3) is 0 Å². The van der Waals surface area contributed by atoms with E-state index in [1.54, 1.807) is 0 Å². The van der Waals surface area contributed by atoms with Crippen molar-refractivity contribution in [2.45, 2.75) is 39.5 Å². The molecule has 2 N–H and O–H groups in total. The summed E-state index contributed by atoms with van der Waals surface area (Å²) in [7, 11) is 0. The van der Waals surface area contributed by atoms with E-state index in [1.165, 1.54) is 5.57 Å². The Morgan fingerprint density at radius 3 is 2.27 bits per heavy atom. The van der Waals surface area contributed by atoms with Gasteiger partial charge in [0, 0.05) is 6.42 Å². The molecule has 0 aliphatic carbocycles. The highest BCUT2D eigenvalue weighted by Crippen LogP contribution is 2.07. The second-order valence-electron chi connectivity index (χ2n) is 2.57. The summed E-state index contributed by atoms with van der Waals surface area (Å²) in [6.45, 7) is 4.25. The summed E-state index contributed by atoms with van der Waals surface area (Å²) in [5.74, 6) is -0.215. The molecule has 0 unspecified atom stereocenters. The largest absolute Gasteiger partial charge is 0.370 e. The third kappa shape index (κ3) is 5.64. The predicted octanol–water partition coefficient (Wildman–Crippen LogP) is 2.00. The first-order valence-corrected chi connectivity index (χ1v) is 4.16. The SMILES string of the molecule is CCC(=CCCC(N)=O)CC. The van der Waals surface area contributed by atoms with Crippen molar-refractivity contribution in [1.82, 2.24) is 0 Å². The number of carbonyl (C=O) groups is 1. The molecule has 0 aromatic rings. The quantitative estimate of drug-likeness (QED) is 0.606. The van der Waals surface area contributed by atoms with E-state index in [-0.39, 0.29) is 5.91 Å². The molecule has 0 saturated carbocycles. The van der Waals surface area contributed by atoms with Crippen LogP contribution in [0.5, 0.6) is 0 Å². The van der Waals surface area contributed by atoms with Gasteiger partial charge in [0.15, 0.2) is 0 Å². The van der Waals surface area contributed by atoms with Crippen LogP contribution in [0.3, 0.4) is 0 Å². The molecule has 0 fully saturated rings. The van der Waals surface area contributed by atoms with Crippen LogP contribution in [0.4, 0.5) is 0 Å². The van der Waals surface area contributed by atoms with Gasteiger partial charge in [-0.25, -0.2) is 0 Å². The molecule has 64 valence electrons. The fourth-order valence-electron chi connectivity index (χ4n) is 0.957. The summed E-state index contributed by atoms with van der Waals surface area (Å²) in [6.07, 6.45) is 5.55. The maximum absolute atomic E-state index is 10.4. The average molecular weight is 155 g/mol. The van der Waals surface area contributed by atoms with Gasteiger partial charge in [0.1, 0.15) is 0 Å². The van der Waals surface area contributed by atoms with Gasteiger partial charge in [-0.15, -0.1) is 0 Å². The fraction of sp³-hybridized carbons (Fsp3) is 0.667. The number of allylic oxidation sites excluding steroid dienone is 2. The van der Waals surface area contributed by atoms with Crippen molar-refractivity contribution >= 4 is 5.91 Å². The zero-order chi connectivity index (χ0) is 8.69. The first-order chi connectivity index (χ1) is 5.20. The molecule has 0 aliphatic rings. The number of hydrogen-bond donors (Lipinski definition) is 1. The lowest BCUT2D eigenvalue weighted by Crippen LogP contribution is -2.09. The number of rotatable bonds is 5. The average Bonchev–Trinajstić information content (AvgIpc) is 1.98. The Kier molecular flexibility index (Phi) is 5.53. The lowest BCUT2D eigenvalue weighted by Gasteiger charge is -1.98. The van der Waals surface area contributed by atoms with Crippen LogP contribution >= 0.6 is 0 Å². The van der Waals surface area contributed by atoms with Gasteiger partial charge in [-0.05, 0) is 19.3 Å². The van der Waals surface area contributed by atoms with Crippen LogP contribution in [-0.4, -0.2) is 5.91 Å². The molecule has 0 radical (unpaired) electrons. The van der Waals surface area contributed by atoms with E-state index in [0.717, 1.165) is 19.3 Å². The van der Waals surface area contributed by atoms with Crippen LogP contribution in [0.15, 0.2) is 11.6 Å². The topological polar surface area (TPSA) is 43.1 Å². The van der Waals surface area contributed by atoms with Gasteiger partial charge in [0.2, 0.25) is 5.91 Å². The normalized spacial score (nSPS) is 9.27. The third-order valence-corrected chi connectivity index (χ3v) is 1.73. The molecule has 11 heavy (non-hydrogen) atoms. The summed E-state index contributed by atoms with van der Waals surface area (Å²) in [6, 6.07) is 0. The fourth-order valence-corrected chi connectivity index (χ4v) is 0.957. The van der Waals surface area contributed by atoms with E-state index in [9.17, 15) is 4.79 Å². The van der Waals surface area contributed by atoms with Crippen molar-refractivity contribution in [3.05, 3.63) is 11.6 Å². The molecule has 0 aromatic carbocycles. The minimum atomic E-state index is -0.215. The smallest absolute Gasteiger partial charge is 0.217 e. The molecule has 0 aromatic heterocycles. The van der Waals surface area contributed by atoms with E-state index in [0.29, 0.717) is 6.42 Å². The van der Waals surface area contributed by atoms with Gasteiger partial charge in [-0.3, -0.25) is 4.79 Å². The molecular weight excluding hydrogens is 138 g/mol. The second-order valence-corrected chi connectivity index (χ2v) is 2.57. The van der Waals surface area contributed by atoms with Crippen molar-refractivity contribution < 1.29 is 4.79 Å². The Bertz CT molecular complexity index is 144. The Balaban J connectivity index is 3.61. The molecule has 2 heteroatoms. The molecule has 2 nitrogen and oxygen atoms in total. The summed E-state index contributed by atoms with van der Waals surface area (Å²) in [4.78, 5) is 10.4. The monoisotopic (exact) mass is 155 g/mol. The molecule has 1 amide bonds. The molecule has 0 saturated heterocycles. The van der Waals surface area contributed by atoms with Gasteiger partial charge in [0.05, 0.1) is 0 Å². The maximum Gasteiger partial charge on any atom is 0.217 e. The van der Waals surface area contributed by atoms with Gasteiger partial charge in [0.25, 0.3) is 0 Å². The van der Waals surface area contributed by atoms with Crippen molar-refractivity contribution in [3.8, 4) is 0 Å². The van der Waals surface area contributed by atoms with E-state index in [4.69, 9.17) is 5.73 Å². The van der Waals surface area contributed by atoms with Crippen LogP contribution in [0, 0.1) is 0 Å². The first kappa shape index (κ1) is 10.2. The second kappa shape index (κ2) is 5.96. The summed E-state index contributed by atoms with van der Waals surface area (Å²) < 4.78 is 0. The van der Waals surface area contributed by atoms with Gasteiger partial charge in [-0.1, -0.05) is 25.5 Å².